The second kappa shape index (κ2) is 10.3. The Bertz CT molecular complexity index is 754. The Kier molecular flexibility index (Phi) is 7.86. The summed E-state index contributed by atoms with van der Waals surface area (Å²) in [4.78, 5) is 12.6. The number of halogens is 2. The average Bonchev–Trinajstić information content (AvgIpc) is 2.65. The van der Waals surface area contributed by atoms with Crippen molar-refractivity contribution in [2.75, 3.05) is 25.1 Å². The van der Waals surface area contributed by atoms with E-state index in [0.717, 1.165) is 0 Å². The minimum absolute atomic E-state index is 0.00586. The van der Waals surface area contributed by atoms with Crippen molar-refractivity contribution in [1.29, 1.82) is 0 Å². The van der Waals surface area contributed by atoms with Crippen LogP contribution in [0.3, 0.4) is 0 Å². The molecule has 0 fully saturated rings. The van der Waals surface area contributed by atoms with Crippen molar-refractivity contribution in [3.63, 3.8) is 0 Å². The Morgan fingerprint density at radius 2 is 1.46 bits per heavy atom. The molecule has 0 saturated heterocycles. The molecule has 28 heavy (non-hydrogen) atoms. The van der Waals surface area contributed by atoms with E-state index < -0.39 is 12.5 Å². The van der Waals surface area contributed by atoms with Gasteiger partial charge in [0.2, 0.25) is 5.75 Å². The van der Waals surface area contributed by atoms with Crippen LogP contribution in [0.25, 0.3) is 0 Å². The van der Waals surface area contributed by atoms with Crippen LogP contribution in [0.1, 0.15) is 31.1 Å². The van der Waals surface area contributed by atoms with Crippen LogP contribution in [-0.2, 0) is 0 Å². The molecule has 1 N–H and O–H groups in total. The number of alkyl halides is 2. The lowest BCUT2D eigenvalue weighted by Gasteiger charge is -2.17. The molecular weight excluding hydrogens is 372 g/mol. The van der Waals surface area contributed by atoms with Crippen LogP contribution in [0.15, 0.2) is 36.4 Å². The van der Waals surface area contributed by atoms with Gasteiger partial charge in [0.25, 0.3) is 5.91 Å². The Balaban J connectivity index is 2.25. The van der Waals surface area contributed by atoms with Crippen molar-refractivity contribution < 1.29 is 32.5 Å². The van der Waals surface area contributed by atoms with Gasteiger partial charge in [-0.3, -0.25) is 4.79 Å². The molecule has 2 rings (SSSR count). The van der Waals surface area contributed by atoms with E-state index in [4.69, 9.17) is 14.2 Å². The summed E-state index contributed by atoms with van der Waals surface area (Å²) in [6.45, 7) is 3.78. The van der Waals surface area contributed by atoms with Gasteiger partial charge in [0.1, 0.15) is 5.75 Å². The molecule has 2 aromatic rings. The van der Waals surface area contributed by atoms with Gasteiger partial charge < -0.3 is 24.3 Å². The molecular formula is C20H23F2NO5. The smallest absolute Gasteiger partial charge is 0.387 e. The molecule has 0 saturated carbocycles. The minimum atomic E-state index is -2.90. The fourth-order valence-electron chi connectivity index (χ4n) is 2.44. The summed E-state index contributed by atoms with van der Waals surface area (Å²) >= 11 is 0. The van der Waals surface area contributed by atoms with Crippen LogP contribution in [-0.4, -0.2) is 32.3 Å². The van der Waals surface area contributed by atoms with Crippen LogP contribution in [0, 0.1) is 0 Å². The standard InChI is InChI=1S/C20H23F2NO5/c1-4-25-16-11-13(12-17(26-5-2)18(16)27-6-3)19(24)23-14-7-9-15(10-8-14)28-20(21)22/h7-12,20H,4-6H2,1-3H3,(H,23,24). The van der Waals surface area contributed by atoms with Crippen LogP contribution < -0.4 is 24.3 Å². The molecule has 0 heterocycles. The first-order chi connectivity index (χ1) is 13.5. The molecule has 0 unspecified atom stereocenters. The zero-order valence-corrected chi connectivity index (χ0v) is 16.0. The fourth-order valence-corrected chi connectivity index (χ4v) is 2.44. The lowest BCUT2D eigenvalue weighted by Crippen LogP contribution is -2.13. The normalized spacial score (nSPS) is 10.5. The number of carbonyl (C=O) groups excluding carboxylic acids is 1. The predicted molar refractivity (Wildman–Crippen MR) is 101 cm³/mol. The number of anilines is 1. The lowest BCUT2D eigenvalue weighted by atomic mass is 10.1. The highest BCUT2D eigenvalue weighted by Gasteiger charge is 2.18. The summed E-state index contributed by atoms with van der Waals surface area (Å²) in [5.41, 5.74) is 0.736. The van der Waals surface area contributed by atoms with Gasteiger partial charge in [-0.05, 0) is 57.2 Å². The maximum Gasteiger partial charge on any atom is 0.387 e. The molecule has 8 heteroatoms. The number of hydrogen-bond acceptors (Lipinski definition) is 5. The fraction of sp³-hybridized carbons (Fsp3) is 0.350. The summed E-state index contributed by atoms with van der Waals surface area (Å²) in [7, 11) is 0. The summed E-state index contributed by atoms with van der Waals surface area (Å²) in [5, 5.41) is 2.69. The zero-order chi connectivity index (χ0) is 20.5. The van der Waals surface area contributed by atoms with Crippen LogP contribution in [0.2, 0.25) is 0 Å². The van der Waals surface area contributed by atoms with Crippen molar-refractivity contribution in [3.05, 3.63) is 42.0 Å². The van der Waals surface area contributed by atoms with Gasteiger partial charge in [-0.2, -0.15) is 8.78 Å². The largest absolute Gasteiger partial charge is 0.490 e. The van der Waals surface area contributed by atoms with Gasteiger partial charge in [-0.25, -0.2) is 0 Å². The molecule has 0 bridgehead atoms. The topological polar surface area (TPSA) is 66.0 Å². The monoisotopic (exact) mass is 395 g/mol. The van der Waals surface area contributed by atoms with E-state index in [2.05, 4.69) is 10.1 Å². The van der Waals surface area contributed by atoms with Gasteiger partial charge in [0, 0.05) is 11.3 Å². The number of rotatable bonds is 10. The zero-order valence-electron chi connectivity index (χ0n) is 16.0. The van der Waals surface area contributed by atoms with Crippen molar-refractivity contribution in [3.8, 4) is 23.0 Å². The molecule has 1 amide bonds. The second-order valence-electron chi connectivity index (χ2n) is 5.46. The van der Waals surface area contributed by atoms with Crippen LogP contribution >= 0.6 is 0 Å². The predicted octanol–water partition coefficient (Wildman–Crippen LogP) is 4.74. The lowest BCUT2D eigenvalue weighted by molar-refractivity contribution is -0.0498. The number of benzene rings is 2. The van der Waals surface area contributed by atoms with Crippen molar-refractivity contribution in [2.24, 2.45) is 0 Å². The second-order valence-corrected chi connectivity index (χ2v) is 5.46. The van der Waals surface area contributed by atoms with Crippen LogP contribution in [0.4, 0.5) is 14.5 Å². The molecule has 0 radical (unpaired) electrons. The third-order valence-corrected chi connectivity index (χ3v) is 3.51. The van der Waals surface area contributed by atoms with Gasteiger partial charge in [0.05, 0.1) is 19.8 Å². The van der Waals surface area contributed by atoms with E-state index in [0.29, 0.717) is 48.3 Å². The molecule has 0 aliphatic carbocycles. The highest BCUT2D eigenvalue weighted by molar-refractivity contribution is 6.05. The Hall–Kier alpha value is -3.03. The summed E-state index contributed by atoms with van der Waals surface area (Å²) in [5.74, 6) is 0.845. The van der Waals surface area contributed by atoms with Crippen molar-refractivity contribution in [2.45, 2.75) is 27.4 Å². The molecule has 0 aliphatic heterocycles. The maximum absolute atomic E-state index is 12.6. The van der Waals surface area contributed by atoms with E-state index in [1.807, 2.05) is 20.8 Å². The first-order valence-corrected chi connectivity index (χ1v) is 8.91. The van der Waals surface area contributed by atoms with Gasteiger partial charge in [-0.15, -0.1) is 0 Å². The molecule has 0 spiro atoms. The average molecular weight is 395 g/mol. The molecule has 152 valence electrons. The number of carbonyl (C=O) groups is 1. The first kappa shape index (κ1) is 21.3. The highest BCUT2D eigenvalue weighted by Crippen LogP contribution is 2.39. The van der Waals surface area contributed by atoms with E-state index in [-0.39, 0.29) is 5.75 Å². The van der Waals surface area contributed by atoms with E-state index in [9.17, 15) is 13.6 Å². The van der Waals surface area contributed by atoms with Gasteiger partial charge in [0.15, 0.2) is 11.5 Å². The maximum atomic E-state index is 12.6. The Labute approximate surface area is 162 Å². The van der Waals surface area contributed by atoms with Crippen molar-refractivity contribution >= 4 is 11.6 Å². The SMILES string of the molecule is CCOc1cc(C(=O)Nc2ccc(OC(F)F)cc2)cc(OCC)c1OCC. The molecule has 6 nitrogen and oxygen atoms in total. The van der Waals surface area contributed by atoms with Gasteiger partial charge >= 0.3 is 6.61 Å². The van der Waals surface area contributed by atoms with E-state index in [1.54, 1.807) is 12.1 Å². The minimum Gasteiger partial charge on any atom is -0.490 e. The number of hydrogen-bond donors (Lipinski definition) is 1. The molecule has 0 aliphatic rings. The Morgan fingerprint density at radius 1 is 0.929 bits per heavy atom. The highest BCUT2D eigenvalue weighted by atomic mass is 19.3. The summed E-state index contributed by atoms with van der Waals surface area (Å²) < 4.78 is 45.5. The third kappa shape index (κ3) is 5.73. The van der Waals surface area contributed by atoms with Gasteiger partial charge in [-0.1, -0.05) is 0 Å². The van der Waals surface area contributed by atoms with Crippen molar-refractivity contribution in [1.82, 2.24) is 0 Å². The number of nitrogens with one attached hydrogen (secondary N) is 1. The first-order valence-electron chi connectivity index (χ1n) is 8.91. The number of ether oxygens (including phenoxy) is 4. The van der Waals surface area contributed by atoms with E-state index >= 15 is 0 Å². The third-order valence-electron chi connectivity index (χ3n) is 3.51. The Morgan fingerprint density at radius 3 is 1.93 bits per heavy atom. The number of amides is 1. The molecule has 0 aromatic heterocycles. The quantitative estimate of drug-likeness (QED) is 0.630. The summed E-state index contributed by atoms with van der Waals surface area (Å²) in [6, 6.07) is 8.77. The molecule has 0 atom stereocenters. The van der Waals surface area contributed by atoms with Crippen LogP contribution in [0.5, 0.6) is 23.0 Å². The van der Waals surface area contributed by atoms with E-state index in [1.165, 1.54) is 24.3 Å². The molecule has 2 aromatic carbocycles. The summed E-state index contributed by atoms with van der Waals surface area (Å²) in [6.07, 6.45) is 0.